The third kappa shape index (κ3) is 2.32. The maximum atomic E-state index is 11.0. The number of pyridine rings is 1. The standard InChI is InChI=1S/C15H13NO3S/c1-2-5-19-11-3-4-12-9(7-11)6-10-8-13(15(17)18)20-14(10)16-12/h3-4,6-8H,2,5H2,1H3,(H,17,18). The minimum absolute atomic E-state index is 0.310. The molecule has 4 nitrogen and oxygen atoms in total. The van der Waals surface area contributed by atoms with Gasteiger partial charge in [0, 0.05) is 10.8 Å². The van der Waals surface area contributed by atoms with Crippen LogP contribution in [0.1, 0.15) is 23.0 Å². The Kier molecular flexibility index (Phi) is 3.28. The number of carbonyl (C=O) groups is 1. The van der Waals surface area contributed by atoms with E-state index in [0.29, 0.717) is 11.5 Å². The van der Waals surface area contributed by atoms with Gasteiger partial charge in [0.2, 0.25) is 0 Å². The van der Waals surface area contributed by atoms with Crippen molar-refractivity contribution in [2.75, 3.05) is 6.61 Å². The lowest BCUT2D eigenvalue weighted by Crippen LogP contribution is -1.94. The van der Waals surface area contributed by atoms with Gasteiger partial charge in [-0.2, -0.15) is 0 Å². The van der Waals surface area contributed by atoms with Gasteiger partial charge in [0.1, 0.15) is 15.5 Å². The van der Waals surface area contributed by atoms with Crippen LogP contribution < -0.4 is 4.74 Å². The van der Waals surface area contributed by atoms with Crippen molar-refractivity contribution in [3.05, 3.63) is 35.2 Å². The van der Waals surface area contributed by atoms with Crippen LogP contribution in [0, 0.1) is 0 Å². The second-order valence-electron chi connectivity index (χ2n) is 4.50. The summed E-state index contributed by atoms with van der Waals surface area (Å²) >= 11 is 1.20. The molecular formula is C15H13NO3S. The van der Waals surface area contributed by atoms with E-state index in [1.165, 1.54) is 11.3 Å². The molecule has 0 aliphatic rings. The third-order valence-electron chi connectivity index (χ3n) is 2.96. The van der Waals surface area contributed by atoms with E-state index in [1.807, 2.05) is 24.3 Å². The summed E-state index contributed by atoms with van der Waals surface area (Å²) in [5, 5.41) is 10.8. The van der Waals surface area contributed by atoms with Gasteiger partial charge in [0.15, 0.2) is 0 Å². The minimum Gasteiger partial charge on any atom is -0.494 e. The number of aromatic carboxylic acids is 1. The Bertz CT molecular complexity index is 794. The fraction of sp³-hybridized carbons (Fsp3) is 0.200. The number of rotatable bonds is 4. The monoisotopic (exact) mass is 287 g/mol. The van der Waals surface area contributed by atoms with E-state index in [0.717, 1.165) is 33.3 Å². The summed E-state index contributed by atoms with van der Waals surface area (Å²) in [4.78, 5) is 16.6. The molecule has 3 aromatic rings. The van der Waals surface area contributed by atoms with Gasteiger partial charge in [0.25, 0.3) is 0 Å². The average molecular weight is 287 g/mol. The molecule has 1 aromatic carbocycles. The second kappa shape index (κ2) is 5.09. The number of hydrogen-bond donors (Lipinski definition) is 1. The van der Waals surface area contributed by atoms with Crippen LogP contribution in [0.25, 0.3) is 21.1 Å². The van der Waals surface area contributed by atoms with E-state index in [2.05, 4.69) is 11.9 Å². The maximum Gasteiger partial charge on any atom is 0.345 e. The molecule has 0 radical (unpaired) electrons. The van der Waals surface area contributed by atoms with Gasteiger partial charge in [-0.3, -0.25) is 0 Å². The molecule has 5 heteroatoms. The Morgan fingerprint density at radius 2 is 2.15 bits per heavy atom. The van der Waals surface area contributed by atoms with Crippen molar-refractivity contribution in [1.82, 2.24) is 4.98 Å². The molecular weight excluding hydrogens is 274 g/mol. The van der Waals surface area contributed by atoms with Gasteiger partial charge < -0.3 is 9.84 Å². The summed E-state index contributed by atoms with van der Waals surface area (Å²) < 4.78 is 5.60. The van der Waals surface area contributed by atoms with Crippen molar-refractivity contribution in [1.29, 1.82) is 0 Å². The number of nitrogens with zero attached hydrogens (tertiary/aromatic N) is 1. The third-order valence-corrected chi connectivity index (χ3v) is 3.99. The summed E-state index contributed by atoms with van der Waals surface area (Å²) in [5.41, 5.74) is 0.847. The Morgan fingerprint density at radius 3 is 2.90 bits per heavy atom. The van der Waals surface area contributed by atoms with Gasteiger partial charge in [-0.05, 0) is 36.8 Å². The predicted molar refractivity (Wildman–Crippen MR) is 79.9 cm³/mol. The highest BCUT2D eigenvalue weighted by molar-refractivity contribution is 7.20. The smallest absolute Gasteiger partial charge is 0.345 e. The molecule has 0 bridgehead atoms. The van der Waals surface area contributed by atoms with Gasteiger partial charge in [-0.1, -0.05) is 6.92 Å². The zero-order valence-corrected chi connectivity index (χ0v) is 11.7. The molecule has 2 aromatic heterocycles. The van der Waals surface area contributed by atoms with Crippen molar-refractivity contribution < 1.29 is 14.6 Å². The first-order chi connectivity index (χ1) is 9.67. The maximum absolute atomic E-state index is 11.0. The lowest BCUT2D eigenvalue weighted by atomic mass is 10.2. The molecule has 0 atom stereocenters. The van der Waals surface area contributed by atoms with Crippen LogP contribution in [0.15, 0.2) is 30.3 Å². The molecule has 0 aliphatic carbocycles. The number of fused-ring (bicyclic) bond motifs is 2. The van der Waals surface area contributed by atoms with E-state index in [-0.39, 0.29) is 0 Å². The first kappa shape index (κ1) is 12.9. The molecule has 20 heavy (non-hydrogen) atoms. The van der Waals surface area contributed by atoms with Crippen LogP contribution in [0.2, 0.25) is 0 Å². The van der Waals surface area contributed by atoms with Crippen molar-refractivity contribution in [3.63, 3.8) is 0 Å². The molecule has 102 valence electrons. The lowest BCUT2D eigenvalue weighted by molar-refractivity contribution is 0.0702. The quantitative estimate of drug-likeness (QED) is 0.789. The minimum atomic E-state index is -0.913. The van der Waals surface area contributed by atoms with Crippen LogP contribution in [0.3, 0.4) is 0 Å². The molecule has 0 saturated heterocycles. The Balaban J connectivity index is 2.10. The van der Waals surface area contributed by atoms with E-state index in [1.54, 1.807) is 6.07 Å². The number of hydrogen-bond acceptors (Lipinski definition) is 4. The summed E-state index contributed by atoms with van der Waals surface area (Å²) in [5.74, 6) is -0.0989. The van der Waals surface area contributed by atoms with Crippen molar-refractivity contribution >= 4 is 38.4 Å². The van der Waals surface area contributed by atoms with E-state index < -0.39 is 5.97 Å². The van der Waals surface area contributed by atoms with Gasteiger partial charge in [-0.15, -0.1) is 11.3 Å². The molecule has 2 heterocycles. The largest absolute Gasteiger partial charge is 0.494 e. The lowest BCUT2D eigenvalue weighted by Gasteiger charge is -2.05. The number of carboxylic acid groups (broad SMARTS) is 1. The van der Waals surface area contributed by atoms with Crippen LogP contribution in [0.4, 0.5) is 0 Å². The summed E-state index contributed by atoms with van der Waals surface area (Å²) in [6, 6.07) is 9.35. The van der Waals surface area contributed by atoms with E-state index in [9.17, 15) is 4.79 Å². The molecule has 0 saturated carbocycles. The first-order valence-electron chi connectivity index (χ1n) is 6.38. The fourth-order valence-corrected chi connectivity index (χ4v) is 2.89. The normalized spacial score (nSPS) is 11.1. The second-order valence-corrected chi connectivity index (χ2v) is 5.53. The summed E-state index contributed by atoms with van der Waals surface area (Å²) in [6.07, 6.45) is 0.960. The topological polar surface area (TPSA) is 59.4 Å². The molecule has 0 unspecified atom stereocenters. The fourth-order valence-electron chi connectivity index (χ4n) is 2.03. The van der Waals surface area contributed by atoms with Crippen LogP contribution in [-0.2, 0) is 0 Å². The van der Waals surface area contributed by atoms with Crippen molar-refractivity contribution in [2.45, 2.75) is 13.3 Å². The predicted octanol–water partition coefficient (Wildman–Crippen LogP) is 3.94. The highest BCUT2D eigenvalue weighted by Crippen LogP contribution is 2.29. The van der Waals surface area contributed by atoms with Gasteiger partial charge in [-0.25, -0.2) is 9.78 Å². The zero-order chi connectivity index (χ0) is 14.1. The number of carboxylic acids is 1. The SMILES string of the molecule is CCCOc1ccc2nc3sc(C(=O)O)cc3cc2c1. The summed E-state index contributed by atoms with van der Waals surface area (Å²) in [7, 11) is 0. The van der Waals surface area contributed by atoms with Crippen molar-refractivity contribution in [3.8, 4) is 5.75 Å². The molecule has 3 rings (SSSR count). The number of benzene rings is 1. The Labute approximate surface area is 119 Å². The molecule has 1 N–H and O–H groups in total. The van der Waals surface area contributed by atoms with Gasteiger partial charge in [0.05, 0.1) is 12.1 Å². The van der Waals surface area contributed by atoms with Crippen LogP contribution in [0.5, 0.6) is 5.75 Å². The molecule has 0 fully saturated rings. The Hall–Kier alpha value is -2.14. The van der Waals surface area contributed by atoms with Crippen molar-refractivity contribution in [2.24, 2.45) is 0 Å². The van der Waals surface area contributed by atoms with Crippen LogP contribution in [-0.4, -0.2) is 22.7 Å². The molecule has 0 spiro atoms. The van der Waals surface area contributed by atoms with E-state index in [4.69, 9.17) is 9.84 Å². The highest BCUT2D eigenvalue weighted by atomic mass is 32.1. The first-order valence-corrected chi connectivity index (χ1v) is 7.19. The summed E-state index contributed by atoms with van der Waals surface area (Å²) in [6.45, 7) is 2.74. The zero-order valence-electron chi connectivity index (χ0n) is 10.9. The van der Waals surface area contributed by atoms with E-state index >= 15 is 0 Å². The average Bonchev–Trinajstić information content (AvgIpc) is 2.85. The number of aromatic nitrogens is 1. The Morgan fingerprint density at radius 1 is 1.30 bits per heavy atom. The number of thiophene rings is 1. The molecule has 0 aliphatic heterocycles. The molecule has 0 amide bonds. The number of ether oxygens (including phenoxy) is 1. The van der Waals surface area contributed by atoms with Gasteiger partial charge >= 0.3 is 5.97 Å². The van der Waals surface area contributed by atoms with Crippen LogP contribution >= 0.6 is 11.3 Å². The highest BCUT2D eigenvalue weighted by Gasteiger charge is 2.10.